The van der Waals surface area contributed by atoms with Gasteiger partial charge in [0, 0.05) is 31.4 Å². The van der Waals surface area contributed by atoms with Gasteiger partial charge >= 0.3 is 0 Å². The van der Waals surface area contributed by atoms with Gasteiger partial charge in [0.05, 0.1) is 0 Å². The van der Waals surface area contributed by atoms with Crippen molar-refractivity contribution in [2.24, 2.45) is 7.05 Å². The Hall–Kier alpha value is -1.29. The van der Waals surface area contributed by atoms with Gasteiger partial charge in [-0.15, -0.1) is 0 Å². The lowest BCUT2D eigenvalue weighted by atomic mass is 10.3. The van der Waals surface area contributed by atoms with Crippen LogP contribution in [0.5, 0.6) is 5.75 Å². The first-order valence-corrected chi connectivity index (χ1v) is 4.95. The average molecular weight is 210 g/mol. The Morgan fingerprint density at radius 3 is 2.73 bits per heavy atom. The molecule has 15 heavy (non-hydrogen) atoms. The Morgan fingerprint density at radius 1 is 1.47 bits per heavy atom. The van der Waals surface area contributed by atoms with Crippen LogP contribution in [-0.4, -0.2) is 36.7 Å². The molecule has 1 aromatic heterocycles. The Labute approximate surface area is 90.1 Å². The smallest absolute Gasteiger partial charge is 0.253 e. The van der Waals surface area contributed by atoms with Crippen molar-refractivity contribution in [1.29, 1.82) is 0 Å². The molecule has 0 saturated heterocycles. The van der Waals surface area contributed by atoms with E-state index in [1.54, 1.807) is 17.8 Å². The molecule has 4 nitrogen and oxygen atoms in total. The standard InChI is InChI=1S/C11H18N2O2/c1-9-8-13(4)11(14)7-10(9)15-6-5-12(2)3/h7-8H,5-6H2,1-4H3. The van der Waals surface area contributed by atoms with E-state index in [9.17, 15) is 4.79 Å². The fraction of sp³-hybridized carbons (Fsp3) is 0.545. The van der Waals surface area contributed by atoms with Crippen LogP contribution < -0.4 is 10.3 Å². The minimum Gasteiger partial charge on any atom is -0.492 e. The molecule has 0 fully saturated rings. The van der Waals surface area contributed by atoms with Crippen LogP contribution >= 0.6 is 0 Å². The van der Waals surface area contributed by atoms with Crippen LogP contribution in [0.25, 0.3) is 0 Å². The molecule has 0 unspecified atom stereocenters. The predicted octanol–water partition coefficient (Wildman–Crippen LogP) is 0.634. The van der Waals surface area contributed by atoms with Crippen molar-refractivity contribution in [3.05, 3.63) is 28.2 Å². The molecule has 0 spiro atoms. The summed E-state index contributed by atoms with van der Waals surface area (Å²) in [6.45, 7) is 3.38. The van der Waals surface area contributed by atoms with E-state index in [4.69, 9.17) is 4.74 Å². The number of nitrogens with zero attached hydrogens (tertiary/aromatic N) is 2. The molecule has 0 saturated carbocycles. The zero-order valence-corrected chi connectivity index (χ0v) is 9.78. The van der Waals surface area contributed by atoms with Crippen molar-refractivity contribution in [2.45, 2.75) is 6.92 Å². The highest BCUT2D eigenvalue weighted by molar-refractivity contribution is 5.28. The SMILES string of the molecule is Cc1cn(C)c(=O)cc1OCCN(C)C. The van der Waals surface area contributed by atoms with Crippen molar-refractivity contribution >= 4 is 0 Å². The lowest BCUT2D eigenvalue weighted by Gasteiger charge is -2.12. The Kier molecular flexibility index (Phi) is 3.91. The van der Waals surface area contributed by atoms with Crippen LogP contribution in [0.15, 0.2) is 17.1 Å². The maximum atomic E-state index is 11.4. The third-order valence-electron chi connectivity index (χ3n) is 2.17. The zero-order chi connectivity index (χ0) is 11.4. The molecule has 0 aliphatic carbocycles. The summed E-state index contributed by atoms with van der Waals surface area (Å²) in [5, 5.41) is 0. The molecule has 84 valence electrons. The number of likely N-dealkylation sites (N-methyl/N-ethyl adjacent to an activating group) is 1. The van der Waals surface area contributed by atoms with Crippen molar-refractivity contribution in [3.8, 4) is 5.75 Å². The summed E-state index contributed by atoms with van der Waals surface area (Å²) in [6, 6.07) is 1.53. The first-order valence-electron chi connectivity index (χ1n) is 4.95. The largest absolute Gasteiger partial charge is 0.492 e. The van der Waals surface area contributed by atoms with Crippen molar-refractivity contribution < 1.29 is 4.74 Å². The summed E-state index contributed by atoms with van der Waals surface area (Å²) >= 11 is 0. The molecule has 0 aliphatic heterocycles. The minimum absolute atomic E-state index is 0.0412. The van der Waals surface area contributed by atoms with E-state index in [0.29, 0.717) is 12.4 Å². The second-order valence-electron chi connectivity index (χ2n) is 3.92. The second kappa shape index (κ2) is 4.98. The average Bonchev–Trinajstić information content (AvgIpc) is 2.13. The van der Waals surface area contributed by atoms with E-state index in [2.05, 4.69) is 0 Å². The van der Waals surface area contributed by atoms with Crippen LogP contribution in [0.1, 0.15) is 5.56 Å². The second-order valence-corrected chi connectivity index (χ2v) is 3.92. The molecule has 0 bridgehead atoms. The van der Waals surface area contributed by atoms with Gasteiger partial charge in [-0.05, 0) is 21.0 Å². The van der Waals surface area contributed by atoms with E-state index in [-0.39, 0.29) is 5.56 Å². The lowest BCUT2D eigenvalue weighted by molar-refractivity contribution is 0.259. The zero-order valence-electron chi connectivity index (χ0n) is 9.78. The van der Waals surface area contributed by atoms with E-state index in [0.717, 1.165) is 12.1 Å². The Morgan fingerprint density at radius 2 is 2.13 bits per heavy atom. The monoisotopic (exact) mass is 210 g/mol. The number of pyridine rings is 1. The maximum absolute atomic E-state index is 11.4. The minimum atomic E-state index is -0.0412. The molecule has 4 heteroatoms. The fourth-order valence-corrected chi connectivity index (χ4v) is 1.24. The number of hydrogen-bond acceptors (Lipinski definition) is 3. The van der Waals surface area contributed by atoms with E-state index < -0.39 is 0 Å². The molecule has 0 atom stereocenters. The van der Waals surface area contributed by atoms with Crippen LogP contribution in [0.4, 0.5) is 0 Å². The van der Waals surface area contributed by atoms with Gasteiger partial charge in [-0.1, -0.05) is 0 Å². The topological polar surface area (TPSA) is 34.5 Å². The Bertz CT molecular complexity index is 383. The van der Waals surface area contributed by atoms with Gasteiger partial charge in [-0.25, -0.2) is 0 Å². The summed E-state index contributed by atoms with van der Waals surface area (Å²) in [4.78, 5) is 13.4. The molecular weight excluding hydrogens is 192 g/mol. The fourth-order valence-electron chi connectivity index (χ4n) is 1.24. The van der Waals surface area contributed by atoms with Crippen molar-refractivity contribution in [2.75, 3.05) is 27.2 Å². The summed E-state index contributed by atoms with van der Waals surface area (Å²) in [7, 11) is 5.71. The number of hydrogen-bond donors (Lipinski definition) is 0. The van der Waals surface area contributed by atoms with Gasteiger partial charge in [0.1, 0.15) is 12.4 Å². The van der Waals surface area contributed by atoms with Crippen LogP contribution in [0.3, 0.4) is 0 Å². The van der Waals surface area contributed by atoms with Gasteiger partial charge < -0.3 is 14.2 Å². The number of ether oxygens (including phenoxy) is 1. The van der Waals surface area contributed by atoms with Crippen LogP contribution in [-0.2, 0) is 7.05 Å². The summed E-state index contributed by atoms with van der Waals surface area (Å²) in [5.41, 5.74) is 0.941. The van der Waals surface area contributed by atoms with Crippen molar-refractivity contribution in [1.82, 2.24) is 9.47 Å². The van der Waals surface area contributed by atoms with Crippen LogP contribution in [0.2, 0.25) is 0 Å². The molecule has 1 aromatic rings. The van der Waals surface area contributed by atoms with Crippen LogP contribution in [0, 0.1) is 6.92 Å². The summed E-state index contributed by atoms with van der Waals surface area (Å²) < 4.78 is 7.08. The number of aryl methyl sites for hydroxylation is 2. The van der Waals surface area contributed by atoms with Gasteiger partial charge in [0.15, 0.2) is 0 Å². The van der Waals surface area contributed by atoms with Gasteiger partial charge in [0.2, 0.25) is 0 Å². The highest BCUT2D eigenvalue weighted by atomic mass is 16.5. The first-order chi connectivity index (χ1) is 7.00. The highest BCUT2D eigenvalue weighted by Crippen LogP contribution is 2.13. The molecule has 0 N–H and O–H groups in total. The molecule has 0 aliphatic rings. The van der Waals surface area contributed by atoms with Crippen molar-refractivity contribution in [3.63, 3.8) is 0 Å². The lowest BCUT2D eigenvalue weighted by Crippen LogP contribution is -2.21. The van der Waals surface area contributed by atoms with E-state index in [1.165, 1.54) is 6.07 Å². The molecule has 0 aromatic carbocycles. The van der Waals surface area contributed by atoms with Gasteiger partial charge in [-0.3, -0.25) is 4.79 Å². The predicted molar refractivity (Wildman–Crippen MR) is 60.5 cm³/mol. The Balaban J connectivity index is 2.69. The first kappa shape index (κ1) is 11.8. The molecular formula is C11H18N2O2. The number of rotatable bonds is 4. The quantitative estimate of drug-likeness (QED) is 0.731. The molecule has 0 amide bonds. The van der Waals surface area contributed by atoms with Gasteiger partial charge in [-0.2, -0.15) is 0 Å². The van der Waals surface area contributed by atoms with E-state index in [1.807, 2.05) is 25.9 Å². The summed E-state index contributed by atoms with van der Waals surface area (Å²) in [5.74, 6) is 0.681. The van der Waals surface area contributed by atoms with E-state index >= 15 is 0 Å². The highest BCUT2D eigenvalue weighted by Gasteiger charge is 2.02. The maximum Gasteiger partial charge on any atom is 0.253 e. The third-order valence-corrected chi connectivity index (χ3v) is 2.17. The normalized spacial score (nSPS) is 10.7. The third kappa shape index (κ3) is 3.40. The molecule has 0 radical (unpaired) electrons. The molecule has 1 heterocycles. The van der Waals surface area contributed by atoms with Gasteiger partial charge in [0.25, 0.3) is 5.56 Å². The number of aromatic nitrogens is 1. The molecule has 1 rings (SSSR count). The summed E-state index contributed by atoms with van der Waals surface area (Å²) in [6.07, 6.45) is 1.79.